The van der Waals surface area contributed by atoms with E-state index in [1.165, 1.54) is 11.3 Å². The lowest BCUT2D eigenvalue weighted by atomic mass is 10.2. The molecule has 70 valence electrons. The van der Waals surface area contributed by atoms with Gasteiger partial charge in [0, 0.05) is 0 Å². The average Bonchev–Trinajstić information content (AvgIpc) is 2.74. The highest BCUT2D eigenvalue weighted by Gasteiger charge is 2.22. The van der Waals surface area contributed by atoms with E-state index in [-0.39, 0.29) is 11.9 Å². The van der Waals surface area contributed by atoms with Crippen molar-refractivity contribution in [3.63, 3.8) is 0 Å². The summed E-state index contributed by atoms with van der Waals surface area (Å²) >= 11 is 1.33. The monoisotopic (exact) mass is 198 g/mol. The molecule has 1 amide bonds. The number of rotatable bonds is 2. The van der Waals surface area contributed by atoms with Gasteiger partial charge in [-0.25, -0.2) is 0 Å². The van der Waals surface area contributed by atoms with Gasteiger partial charge in [-0.3, -0.25) is 10.1 Å². The molecule has 0 saturated carbocycles. The molecule has 0 spiro atoms. The Morgan fingerprint density at radius 1 is 1.77 bits per heavy atom. The molecule has 0 radical (unpaired) electrons. The van der Waals surface area contributed by atoms with Gasteiger partial charge in [-0.15, -0.1) is 10.2 Å². The second-order valence-electron chi connectivity index (χ2n) is 2.88. The molecule has 2 rings (SSSR count). The molecule has 2 N–H and O–H groups in total. The second-order valence-corrected chi connectivity index (χ2v) is 3.72. The first-order chi connectivity index (χ1) is 6.36. The highest BCUT2D eigenvalue weighted by molar-refractivity contribution is 7.13. The number of anilines is 1. The number of hydrogen-bond donors (Lipinski definition) is 2. The molecule has 1 aromatic heterocycles. The molecule has 0 aromatic carbocycles. The zero-order chi connectivity index (χ0) is 9.10. The van der Waals surface area contributed by atoms with Crippen molar-refractivity contribution in [3.05, 3.63) is 5.51 Å². The predicted molar refractivity (Wildman–Crippen MR) is 49.6 cm³/mol. The summed E-state index contributed by atoms with van der Waals surface area (Å²) in [6, 6.07) is -0.0519. The first kappa shape index (κ1) is 8.58. The van der Waals surface area contributed by atoms with Crippen LogP contribution in [0.15, 0.2) is 5.51 Å². The van der Waals surface area contributed by atoms with Crippen LogP contribution < -0.4 is 10.6 Å². The predicted octanol–water partition coefficient (Wildman–Crippen LogP) is 0.229. The molecule has 13 heavy (non-hydrogen) atoms. The first-order valence-corrected chi connectivity index (χ1v) is 5.04. The third kappa shape index (κ3) is 2.02. The van der Waals surface area contributed by atoms with Gasteiger partial charge in [-0.05, 0) is 19.4 Å². The zero-order valence-electron chi connectivity index (χ0n) is 6.99. The van der Waals surface area contributed by atoms with Crippen LogP contribution in [0.1, 0.15) is 12.8 Å². The molecule has 6 heteroatoms. The zero-order valence-corrected chi connectivity index (χ0v) is 7.80. The summed E-state index contributed by atoms with van der Waals surface area (Å²) in [4.78, 5) is 11.5. The summed E-state index contributed by atoms with van der Waals surface area (Å²) in [5.74, 6) is -0.00532. The molecule has 1 aliphatic rings. The highest BCUT2D eigenvalue weighted by atomic mass is 32.1. The minimum absolute atomic E-state index is 0.00532. The summed E-state index contributed by atoms with van der Waals surface area (Å²) in [5, 5.41) is 13.8. The number of aromatic nitrogens is 2. The van der Waals surface area contributed by atoms with Crippen LogP contribution in [0.5, 0.6) is 0 Å². The van der Waals surface area contributed by atoms with Crippen LogP contribution in [0, 0.1) is 0 Å². The number of carbonyl (C=O) groups excluding carboxylic acids is 1. The van der Waals surface area contributed by atoms with Gasteiger partial charge < -0.3 is 5.32 Å². The van der Waals surface area contributed by atoms with Crippen molar-refractivity contribution in [2.45, 2.75) is 18.9 Å². The Kier molecular flexibility index (Phi) is 2.51. The van der Waals surface area contributed by atoms with Gasteiger partial charge in [-0.2, -0.15) is 0 Å². The average molecular weight is 198 g/mol. The lowest BCUT2D eigenvalue weighted by Crippen LogP contribution is -2.35. The number of carbonyl (C=O) groups is 1. The molecular formula is C7H10N4OS. The Morgan fingerprint density at radius 2 is 2.69 bits per heavy atom. The Balaban J connectivity index is 1.91. The largest absolute Gasteiger partial charge is 0.306 e. The molecule has 1 atom stereocenters. The number of nitrogens with one attached hydrogen (secondary N) is 2. The third-order valence-corrected chi connectivity index (χ3v) is 2.57. The van der Waals surface area contributed by atoms with E-state index >= 15 is 0 Å². The van der Waals surface area contributed by atoms with E-state index in [0.29, 0.717) is 5.13 Å². The SMILES string of the molecule is O=C(Nc1nncs1)[C@@H]1CCCN1. The van der Waals surface area contributed by atoms with Crippen molar-refractivity contribution in [2.24, 2.45) is 0 Å². The summed E-state index contributed by atoms with van der Waals surface area (Å²) in [5.41, 5.74) is 1.59. The van der Waals surface area contributed by atoms with E-state index in [4.69, 9.17) is 0 Å². The number of hydrogen-bond acceptors (Lipinski definition) is 5. The van der Waals surface area contributed by atoms with Gasteiger partial charge in [0.05, 0.1) is 6.04 Å². The molecule has 0 aliphatic carbocycles. The van der Waals surface area contributed by atoms with Crippen molar-refractivity contribution in [2.75, 3.05) is 11.9 Å². The van der Waals surface area contributed by atoms with Gasteiger partial charge >= 0.3 is 0 Å². The lowest BCUT2D eigenvalue weighted by molar-refractivity contribution is -0.117. The fourth-order valence-corrected chi connectivity index (χ4v) is 1.78. The topological polar surface area (TPSA) is 66.9 Å². The molecule has 0 bridgehead atoms. The third-order valence-electron chi connectivity index (χ3n) is 1.97. The van der Waals surface area contributed by atoms with Crippen LogP contribution in [0.3, 0.4) is 0 Å². The van der Waals surface area contributed by atoms with Gasteiger partial charge in [0.2, 0.25) is 11.0 Å². The summed E-state index contributed by atoms with van der Waals surface area (Å²) < 4.78 is 0. The Morgan fingerprint density at radius 3 is 3.31 bits per heavy atom. The lowest BCUT2D eigenvalue weighted by Gasteiger charge is -2.07. The van der Waals surface area contributed by atoms with E-state index in [1.807, 2.05) is 0 Å². The van der Waals surface area contributed by atoms with E-state index in [2.05, 4.69) is 20.8 Å². The maximum Gasteiger partial charge on any atom is 0.243 e. The van der Waals surface area contributed by atoms with Crippen molar-refractivity contribution in [1.29, 1.82) is 0 Å². The van der Waals surface area contributed by atoms with Gasteiger partial charge in [0.25, 0.3) is 0 Å². The van der Waals surface area contributed by atoms with Crippen LogP contribution >= 0.6 is 11.3 Å². The fraction of sp³-hybridized carbons (Fsp3) is 0.571. The van der Waals surface area contributed by atoms with Gasteiger partial charge in [0.15, 0.2) is 0 Å². The molecule has 0 unspecified atom stereocenters. The highest BCUT2D eigenvalue weighted by Crippen LogP contribution is 2.11. The van der Waals surface area contributed by atoms with Crippen molar-refractivity contribution in [1.82, 2.24) is 15.5 Å². The minimum atomic E-state index is -0.0519. The van der Waals surface area contributed by atoms with E-state index in [9.17, 15) is 4.79 Å². The summed E-state index contributed by atoms with van der Waals surface area (Å²) in [6.45, 7) is 0.925. The van der Waals surface area contributed by atoms with Crippen LogP contribution in [0.25, 0.3) is 0 Å². The molecule has 1 aliphatic heterocycles. The normalized spacial score (nSPS) is 21.7. The summed E-state index contributed by atoms with van der Waals surface area (Å²) in [7, 11) is 0. The second kappa shape index (κ2) is 3.80. The van der Waals surface area contributed by atoms with E-state index in [1.54, 1.807) is 5.51 Å². The minimum Gasteiger partial charge on any atom is -0.306 e. The number of nitrogens with zero attached hydrogens (tertiary/aromatic N) is 2. The quantitative estimate of drug-likeness (QED) is 0.713. The Bertz CT molecular complexity index is 281. The van der Waals surface area contributed by atoms with Crippen molar-refractivity contribution >= 4 is 22.4 Å². The smallest absolute Gasteiger partial charge is 0.243 e. The molecule has 1 fully saturated rings. The fourth-order valence-electron chi connectivity index (χ4n) is 1.33. The molecule has 1 aromatic rings. The van der Waals surface area contributed by atoms with Gasteiger partial charge in [0.1, 0.15) is 5.51 Å². The van der Waals surface area contributed by atoms with E-state index < -0.39 is 0 Å². The van der Waals surface area contributed by atoms with E-state index in [0.717, 1.165) is 19.4 Å². The number of amides is 1. The van der Waals surface area contributed by atoms with Crippen LogP contribution in [-0.4, -0.2) is 28.7 Å². The van der Waals surface area contributed by atoms with Crippen LogP contribution in [0.2, 0.25) is 0 Å². The Hall–Kier alpha value is -1.01. The van der Waals surface area contributed by atoms with Crippen molar-refractivity contribution in [3.8, 4) is 0 Å². The van der Waals surface area contributed by atoms with Crippen molar-refractivity contribution < 1.29 is 4.79 Å². The standard InChI is InChI=1S/C7H10N4OS/c12-6(5-2-1-3-8-5)10-7-11-9-4-13-7/h4-5,8H,1-3H2,(H,10,11,12)/t5-/m0/s1. The first-order valence-electron chi connectivity index (χ1n) is 4.16. The van der Waals surface area contributed by atoms with Crippen LogP contribution in [-0.2, 0) is 4.79 Å². The Labute approximate surface area is 79.6 Å². The maximum atomic E-state index is 11.5. The van der Waals surface area contributed by atoms with Crippen LogP contribution in [0.4, 0.5) is 5.13 Å². The molecular weight excluding hydrogens is 188 g/mol. The maximum absolute atomic E-state index is 11.5. The molecule has 5 nitrogen and oxygen atoms in total. The molecule has 2 heterocycles. The van der Waals surface area contributed by atoms with Gasteiger partial charge in [-0.1, -0.05) is 11.3 Å². The molecule has 1 saturated heterocycles. The summed E-state index contributed by atoms with van der Waals surface area (Å²) in [6.07, 6.45) is 1.97.